The molecule has 1 aromatic rings. The Bertz CT molecular complexity index is 580. The third-order valence-electron chi connectivity index (χ3n) is 4.90. The van der Waals surface area contributed by atoms with Gasteiger partial charge >= 0.3 is 0 Å². The number of amides is 1. The molecule has 1 atom stereocenters. The molecule has 1 amide bonds. The quantitative estimate of drug-likeness (QED) is 0.848. The van der Waals surface area contributed by atoms with E-state index < -0.39 is 0 Å². The normalized spacial score (nSPS) is 19.9. The number of aliphatic hydroxyl groups excluding tert-OH is 1. The molecule has 1 heterocycles. The van der Waals surface area contributed by atoms with Crippen LogP contribution in [0.25, 0.3) is 0 Å². The van der Waals surface area contributed by atoms with E-state index in [-0.39, 0.29) is 12.0 Å². The number of para-hydroxylation sites is 1. The van der Waals surface area contributed by atoms with Crippen LogP contribution in [0.5, 0.6) is 11.5 Å². The van der Waals surface area contributed by atoms with Crippen molar-refractivity contribution in [2.75, 3.05) is 46.9 Å². The third kappa shape index (κ3) is 3.65. The molecule has 0 spiro atoms. The second kappa shape index (κ2) is 7.40. The number of carbonyl (C=O) groups is 1. The number of rotatable bonds is 6. The van der Waals surface area contributed by atoms with Gasteiger partial charge in [-0.15, -0.1) is 0 Å². The number of nitrogens with zero attached hydrogens (tertiary/aromatic N) is 2. The SMILES string of the molecule is COc1cccc(C(=O)N2CCN(CC(O)C3CC3)CC2)c1OC. The van der Waals surface area contributed by atoms with Crippen molar-refractivity contribution in [1.82, 2.24) is 9.80 Å². The van der Waals surface area contributed by atoms with E-state index in [4.69, 9.17) is 9.47 Å². The van der Waals surface area contributed by atoms with Crippen molar-refractivity contribution in [2.24, 2.45) is 5.92 Å². The molecule has 1 aliphatic heterocycles. The first kappa shape index (κ1) is 17.0. The van der Waals surface area contributed by atoms with E-state index in [2.05, 4.69) is 4.90 Å². The first-order valence-electron chi connectivity index (χ1n) is 8.54. The highest BCUT2D eigenvalue weighted by Crippen LogP contribution is 2.33. The molecule has 0 bridgehead atoms. The van der Waals surface area contributed by atoms with Crippen molar-refractivity contribution in [3.05, 3.63) is 23.8 Å². The number of aliphatic hydroxyl groups is 1. The van der Waals surface area contributed by atoms with Gasteiger partial charge < -0.3 is 19.5 Å². The van der Waals surface area contributed by atoms with Gasteiger partial charge in [-0.3, -0.25) is 9.69 Å². The fourth-order valence-corrected chi connectivity index (χ4v) is 3.25. The van der Waals surface area contributed by atoms with Gasteiger partial charge in [0.1, 0.15) is 0 Å². The summed E-state index contributed by atoms with van der Waals surface area (Å²) in [4.78, 5) is 16.9. The lowest BCUT2D eigenvalue weighted by atomic mass is 10.1. The highest BCUT2D eigenvalue weighted by atomic mass is 16.5. The molecule has 1 aliphatic carbocycles. The number of piperazine rings is 1. The summed E-state index contributed by atoms with van der Waals surface area (Å²) in [6, 6.07) is 5.36. The molecule has 0 aromatic heterocycles. The van der Waals surface area contributed by atoms with Crippen molar-refractivity contribution in [3.8, 4) is 11.5 Å². The molecule has 1 aromatic carbocycles. The van der Waals surface area contributed by atoms with Gasteiger partial charge in [-0.2, -0.15) is 0 Å². The van der Waals surface area contributed by atoms with Crippen LogP contribution in [0, 0.1) is 5.92 Å². The Morgan fingerprint density at radius 3 is 2.50 bits per heavy atom. The van der Waals surface area contributed by atoms with Crippen molar-refractivity contribution >= 4 is 5.91 Å². The van der Waals surface area contributed by atoms with Crippen LogP contribution < -0.4 is 9.47 Å². The molecular formula is C18H26N2O4. The Labute approximate surface area is 143 Å². The highest BCUT2D eigenvalue weighted by molar-refractivity contribution is 5.97. The molecule has 1 N–H and O–H groups in total. The van der Waals surface area contributed by atoms with E-state index in [9.17, 15) is 9.90 Å². The molecule has 2 fully saturated rings. The first-order chi connectivity index (χ1) is 11.6. The van der Waals surface area contributed by atoms with E-state index in [0.29, 0.717) is 36.1 Å². The average molecular weight is 334 g/mol. The standard InChI is InChI=1S/C18H26N2O4/c1-23-16-5-3-4-14(17(16)24-2)18(22)20-10-8-19(9-11-20)12-15(21)13-6-7-13/h3-5,13,15,21H,6-12H2,1-2H3. The summed E-state index contributed by atoms with van der Waals surface area (Å²) in [5.74, 6) is 1.50. The molecule has 1 saturated carbocycles. The van der Waals surface area contributed by atoms with Crippen molar-refractivity contribution in [3.63, 3.8) is 0 Å². The Kier molecular flexibility index (Phi) is 5.26. The minimum atomic E-state index is -0.217. The lowest BCUT2D eigenvalue weighted by Crippen LogP contribution is -2.50. The molecule has 2 aliphatic rings. The van der Waals surface area contributed by atoms with Gasteiger partial charge in [0.25, 0.3) is 5.91 Å². The Balaban J connectivity index is 1.61. The maximum Gasteiger partial charge on any atom is 0.257 e. The van der Waals surface area contributed by atoms with E-state index in [1.807, 2.05) is 4.90 Å². The summed E-state index contributed by atoms with van der Waals surface area (Å²) in [5, 5.41) is 10.1. The molecule has 3 rings (SSSR count). The summed E-state index contributed by atoms with van der Waals surface area (Å²) < 4.78 is 10.6. The van der Waals surface area contributed by atoms with E-state index >= 15 is 0 Å². The molecule has 132 valence electrons. The number of hydrogen-bond donors (Lipinski definition) is 1. The van der Waals surface area contributed by atoms with Gasteiger partial charge in [-0.25, -0.2) is 0 Å². The molecule has 6 heteroatoms. The van der Waals surface area contributed by atoms with Gasteiger partial charge in [-0.1, -0.05) is 6.07 Å². The monoisotopic (exact) mass is 334 g/mol. The zero-order valence-electron chi connectivity index (χ0n) is 14.4. The molecule has 6 nitrogen and oxygen atoms in total. The highest BCUT2D eigenvalue weighted by Gasteiger charge is 2.32. The number of hydrogen-bond acceptors (Lipinski definition) is 5. The van der Waals surface area contributed by atoms with Crippen molar-refractivity contribution in [1.29, 1.82) is 0 Å². The topological polar surface area (TPSA) is 62.2 Å². The van der Waals surface area contributed by atoms with Crippen LogP contribution in [-0.2, 0) is 0 Å². The van der Waals surface area contributed by atoms with Gasteiger partial charge in [-0.05, 0) is 30.9 Å². The minimum absolute atomic E-state index is 0.0341. The first-order valence-corrected chi connectivity index (χ1v) is 8.54. The number of methoxy groups -OCH3 is 2. The number of benzene rings is 1. The lowest BCUT2D eigenvalue weighted by molar-refractivity contribution is 0.0486. The summed E-state index contributed by atoms with van der Waals surface area (Å²) >= 11 is 0. The Morgan fingerprint density at radius 1 is 1.21 bits per heavy atom. The number of β-amino-alcohol motifs (C(OH)–C–C–N with tert-alkyl or cyclic N) is 1. The molecule has 24 heavy (non-hydrogen) atoms. The van der Waals surface area contributed by atoms with Crippen molar-refractivity contribution in [2.45, 2.75) is 18.9 Å². The summed E-state index contributed by atoms with van der Waals surface area (Å²) in [6.45, 7) is 3.63. The lowest BCUT2D eigenvalue weighted by Gasteiger charge is -2.36. The van der Waals surface area contributed by atoms with Gasteiger partial charge in [0.15, 0.2) is 11.5 Å². The molecular weight excluding hydrogens is 308 g/mol. The predicted octanol–water partition coefficient (Wildman–Crippen LogP) is 1.23. The fraction of sp³-hybridized carbons (Fsp3) is 0.611. The average Bonchev–Trinajstić information content (AvgIpc) is 3.46. The second-order valence-corrected chi connectivity index (χ2v) is 6.54. The maximum absolute atomic E-state index is 12.8. The van der Waals surface area contributed by atoms with Crippen molar-refractivity contribution < 1.29 is 19.4 Å². The predicted molar refractivity (Wildman–Crippen MR) is 90.6 cm³/mol. The van der Waals surface area contributed by atoms with Crippen LogP contribution in [0.1, 0.15) is 23.2 Å². The fourth-order valence-electron chi connectivity index (χ4n) is 3.25. The third-order valence-corrected chi connectivity index (χ3v) is 4.90. The molecule has 0 radical (unpaired) electrons. The number of ether oxygens (including phenoxy) is 2. The van der Waals surface area contributed by atoms with E-state index in [0.717, 1.165) is 32.5 Å². The van der Waals surface area contributed by atoms with Crippen LogP contribution in [0.15, 0.2) is 18.2 Å². The molecule has 1 unspecified atom stereocenters. The van der Waals surface area contributed by atoms with Gasteiger partial charge in [0, 0.05) is 32.7 Å². The van der Waals surface area contributed by atoms with Crippen LogP contribution in [0.2, 0.25) is 0 Å². The zero-order valence-corrected chi connectivity index (χ0v) is 14.4. The second-order valence-electron chi connectivity index (χ2n) is 6.54. The minimum Gasteiger partial charge on any atom is -0.493 e. The smallest absolute Gasteiger partial charge is 0.257 e. The van der Waals surface area contributed by atoms with Crippen LogP contribution in [0.4, 0.5) is 0 Å². The van der Waals surface area contributed by atoms with E-state index in [1.54, 1.807) is 32.4 Å². The Morgan fingerprint density at radius 2 is 1.92 bits per heavy atom. The van der Waals surface area contributed by atoms with Gasteiger partial charge in [0.05, 0.1) is 25.9 Å². The largest absolute Gasteiger partial charge is 0.493 e. The zero-order chi connectivity index (χ0) is 17.1. The van der Waals surface area contributed by atoms with Crippen LogP contribution in [-0.4, -0.2) is 73.9 Å². The maximum atomic E-state index is 12.8. The summed E-state index contributed by atoms with van der Waals surface area (Å²) in [7, 11) is 3.11. The van der Waals surface area contributed by atoms with Crippen LogP contribution in [0.3, 0.4) is 0 Å². The summed E-state index contributed by atoms with van der Waals surface area (Å²) in [6.07, 6.45) is 2.08. The van der Waals surface area contributed by atoms with Gasteiger partial charge in [0.2, 0.25) is 0 Å². The molecule has 1 saturated heterocycles. The Hall–Kier alpha value is -1.79. The van der Waals surface area contributed by atoms with E-state index in [1.165, 1.54) is 0 Å². The van der Waals surface area contributed by atoms with Crippen LogP contribution >= 0.6 is 0 Å². The summed E-state index contributed by atoms with van der Waals surface area (Å²) in [5.41, 5.74) is 0.531. The number of carbonyl (C=O) groups excluding carboxylic acids is 1.